The Labute approximate surface area is 212 Å². The van der Waals surface area contributed by atoms with Gasteiger partial charge in [0.25, 0.3) is 5.91 Å². The lowest BCUT2D eigenvalue weighted by Crippen LogP contribution is -2.29. The molecule has 3 aromatic carbocycles. The monoisotopic (exact) mass is 482 g/mol. The van der Waals surface area contributed by atoms with Crippen LogP contribution in [0.25, 0.3) is 6.08 Å². The molecule has 6 heteroatoms. The van der Waals surface area contributed by atoms with E-state index >= 15 is 0 Å². The standard InChI is InChI=1S/C30H30N2O4/c1-21-9-11-26(17-22(21)2)35-15-6-16-36-28-12-10-23(19-29(28)34-3)18-25(20-31)30(33)32-14-13-24-7-4-5-8-27(24)32/h4-5,7-12,17-19H,6,13-16H2,1-3H3/b25-18+. The van der Waals surface area contributed by atoms with Crippen molar-refractivity contribution >= 4 is 17.7 Å². The second-order valence-electron chi connectivity index (χ2n) is 8.71. The van der Waals surface area contributed by atoms with Gasteiger partial charge < -0.3 is 19.1 Å². The Kier molecular flexibility index (Phi) is 7.92. The summed E-state index contributed by atoms with van der Waals surface area (Å²) in [4.78, 5) is 14.7. The lowest BCUT2D eigenvalue weighted by Gasteiger charge is -2.16. The normalized spacial score (nSPS) is 12.6. The molecule has 0 fully saturated rings. The third kappa shape index (κ3) is 5.69. The van der Waals surface area contributed by atoms with E-state index in [0.717, 1.165) is 23.4 Å². The average Bonchev–Trinajstić information content (AvgIpc) is 3.33. The Hall–Kier alpha value is -4.24. The fraction of sp³-hybridized carbons (Fsp3) is 0.267. The number of hydrogen-bond donors (Lipinski definition) is 0. The number of rotatable bonds is 9. The van der Waals surface area contributed by atoms with E-state index in [4.69, 9.17) is 14.2 Å². The van der Waals surface area contributed by atoms with Gasteiger partial charge in [0.15, 0.2) is 11.5 Å². The Morgan fingerprint density at radius 2 is 1.81 bits per heavy atom. The molecular formula is C30H30N2O4. The Balaban J connectivity index is 1.37. The summed E-state index contributed by atoms with van der Waals surface area (Å²) in [5.74, 6) is 1.69. The van der Waals surface area contributed by atoms with E-state index in [1.54, 1.807) is 30.2 Å². The Morgan fingerprint density at radius 1 is 1.00 bits per heavy atom. The molecule has 1 aliphatic rings. The van der Waals surface area contributed by atoms with Gasteiger partial charge in [0, 0.05) is 18.7 Å². The van der Waals surface area contributed by atoms with Crippen molar-refractivity contribution in [1.82, 2.24) is 0 Å². The number of carbonyl (C=O) groups is 1. The molecule has 0 unspecified atom stereocenters. The maximum absolute atomic E-state index is 13.1. The molecule has 0 radical (unpaired) electrons. The second-order valence-corrected chi connectivity index (χ2v) is 8.71. The fourth-order valence-electron chi connectivity index (χ4n) is 4.13. The van der Waals surface area contributed by atoms with Crippen LogP contribution >= 0.6 is 0 Å². The summed E-state index contributed by atoms with van der Waals surface area (Å²) in [6.45, 7) is 5.72. The molecule has 6 nitrogen and oxygen atoms in total. The Bertz CT molecular complexity index is 1320. The largest absolute Gasteiger partial charge is 0.493 e. The highest BCUT2D eigenvalue weighted by Gasteiger charge is 2.26. The molecule has 1 aliphatic heterocycles. The van der Waals surface area contributed by atoms with E-state index in [1.807, 2.05) is 42.5 Å². The summed E-state index contributed by atoms with van der Waals surface area (Å²) in [6, 6.07) is 21.3. The molecule has 4 rings (SSSR count). The SMILES string of the molecule is COc1cc(/C=C(\C#N)C(=O)N2CCc3ccccc32)ccc1OCCCOc1ccc(C)c(C)c1. The van der Waals surface area contributed by atoms with E-state index in [-0.39, 0.29) is 11.5 Å². The maximum atomic E-state index is 13.1. The van der Waals surface area contributed by atoms with Gasteiger partial charge in [0.05, 0.1) is 20.3 Å². The molecule has 0 N–H and O–H groups in total. The maximum Gasteiger partial charge on any atom is 0.268 e. The van der Waals surface area contributed by atoms with Crippen molar-refractivity contribution < 1.29 is 19.0 Å². The zero-order chi connectivity index (χ0) is 25.5. The zero-order valence-electron chi connectivity index (χ0n) is 20.9. The third-order valence-corrected chi connectivity index (χ3v) is 6.28. The van der Waals surface area contributed by atoms with Gasteiger partial charge in [-0.1, -0.05) is 30.3 Å². The van der Waals surface area contributed by atoms with Gasteiger partial charge in [-0.15, -0.1) is 0 Å². The Morgan fingerprint density at radius 3 is 2.58 bits per heavy atom. The van der Waals surface area contributed by atoms with Crippen molar-refractivity contribution in [2.75, 3.05) is 31.8 Å². The highest BCUT2D eigenvalue weighted by atomic mass is 16.5. The van der Waals surface area contributed by atoms with Gasteiger partial charge >= 0.3 is 0 Å². The van der Waals surface area contributed by atoms with Gasteiger partial charge in [-0.25, -0.2) is 0 Å². The molecule has 184 valence electrons. The molecule has 0 spiro atoms. The summed E-state index contributed by atoms with van der Waals surface area (Å²) in [7, 11) is 1.57. The number of fused-ring (bicyclic) bond motifs is 1. The first-order chi connectivity index (χ1) is 17.5. The van der Waals surface area contributed by atoms with Gasteiger partial charge in [-0.3, -0.25) is 4.79 Å². The fourth-order valence-corrected chi connectivity index (χ4v) is 4.13. The number of nitrogens with zero attached hydrogens (tertiary/aromatic N) is 2. The molecule has 36 heavy (non-hydrogen) atoms. The van der Waals surface area contributed by atoms with Crippen molar-refractivity contribution in [2.45, 2.75) is 26.7 Å². The van der Waals surface area contributed by atoms with E-state index in [9.17, 15) is 10.1 Å². The van der Waals surface area contributed by atoms with Crippen LogP contribution in [0.5, 0.6) is 17.2 Å². The topological polar surface area (TPSA) is 71.8 Å². The lowest BCUT2D eigenvalue weighted by molar-refractivity contribution is -0.114. The molecule has 0 saturated heterocycles. The summed E-state index contributed by atoms with van der Waals surface area (Å²) in [5.41, 5.74) is 5.19. The minimum absolute atomic E-state index is 0.0749. The van der Waals surface area contributed by atoms with Gasteiger partial charge in [0.2, 0.25) is 0 Å². The molecule has 0 aliphatic carbocycles. The van der Waals surface area contributed by atoms with Gasteiger partial charge in [0.1, 0.15) is 17.4 Å². The number of hydrogen-bond acceptors (Lipinski definition) is 5. The summed E-state index contributed by atoms with van der Waals surface area (Å²) in [6.07, 6.45) is 3.09. The van der Waals surface area contributed by atoms with Crippen molar-refractivity contribution in [2.24, 2.45) is 0 Å². The van der Waals surface area contributed by atoms with Crippen LogP contribution in [-0.4, -0.2) is 32.8 Å². The highest BCUT2D eigenvalue weighted by Crippen LogP contribution is 2.31. The van der Waals surface area contributed by atoms with Crippen LogP contribution < -0.4 is 19.1 Å². The van der Waals surface area contributed by atoms with Crippen LogP contribution in [0.4, 0.5) is 5.69 Å². The van der Waals surface area contributed by atoms with Crippen LogP contribution in [0.1, 0.15) is 28.7 Å². The van der Waals surface area contributed by atoms with E-state index in [0.29, 0.717) is 43.2 Å². The molecule has 0 aromatic heterocycles. The van der Waals surface area contributed by atoms with Gasteiger partial charge in [-0.05, 0) is 78.9 Å². The number of carbonyl (C=O) groups excluding carboxylic acids is 1. The zero-order valence-corrected chi connectivity index (χ0v) is 20.9. The lowest BCUT2D eigenvalue weighted by atomic mass is 10.1. The minimum atomic E-state index is -0.300. The summed E-state index contributed by atoms with van der Waals surface area (Å²) in [5, 5.41) is 9.69. The average molecular weight is 483 g/mol. The first kappa shape index (κ1) is 24.9. The molecule has 0 saturated carbocycles. The van der Waals surface area contributed by atoms with E-state index < -0.39 is 0 Å². The van der Waals surface area contributed by atoms with Crippen molar-refractivity contribution in [3.8, 4) is 23.3 Å². The molecule has 0 atom stereocenters. The van der Waals surface area contributed by atoms with Crippen LogP contribution in [-0.2, 0) is 11.2 Å². The highest BCUT2D eigenvalue weighted by molar-refractivity contribution is 6.12. The van der Waals surface area contributed by atoms with Crippen LogP contribution in [0.2, 0.25) is 0 Å². The second kappa shape index (κ2) is 11.5. The number of benzene rings is 3. The predicted octanol–water partition coefficient (Wildman–Crippen LogP) is 5.66. The molecule has 0 bridgehead atoms. The molecule has 1 amide bonds. The van der Waals surface area contributed by atoms with Crippen LogP contribution in [0.3, 0.4) is 0 Å². The number of amides is 1. The first-order valence-electron chi connectivity index (χ1n) is 12.0. The number of nitriles is 1. The van der Waals surface area contributed by atoms with Gasteiger partial charge in [-0.2, -0.15) is 5.26 Å². The quantitative estimate of drug-likeness (QED) is 0.224. The van der Waals surface area contributed by atoms with Crippen LogP contribution in [0.15, 0.2) is 66.2 Å². The summed E-state index contributed by atoms with van der Waals surface area (Å²) < 4.78 is 17.2. The van der Waals surface area contributed by atoms with Crippen molar-refractivity contribution in [3.63, 3.8) is 0 Å². The summed E-state index contributed by atoms with van der Waals surface area (Å²) >= 11 is 0. The van der Waals surface area contributed by atoms with Crippen molar-refractivity contribution in [1.29, 1.82) is 5.26 Å². The minimum Gasteiger partial charge on any atom is -0.493 e. The first-order valence-corrected chi connectivity index (χ1v) is 12.0. The number of anilines is 1. The number of methoxy groups -OCH3 is 1. The van der Waals surface area contributed by atoms with E-state index in [1.165, 1.54) is 11.1 Å². The number of para-hydroxylation sites is 1. The third-order valence-electron chi connectivity index (χ3n) is 6.28. The smallest absolute Gasteiger partial charge is 0.268 e. The predicted molar refractivity (Wildman–Crippen MR) is 141 cm³/mol. The van der Waals surface area contributed by atoms with Crippen molar-refractivity contribution in [3.05, 3.63) is 88.5 Å². The molecule has 1 heterocycles. The van der Waals surface area contributed by atoms with E-state index in [2.05, 4.69) is 26.0 Å². The van der Waals surface area contributed by atoms with Crippen LogP contribution in [0, 0.1) is 25.2 Å². The molecular weight excluding hydrogens is 452 g/mol. The number of ether oxygens (including phenoxy) is 3. The number of aryl methyl sites for hydroxylation is 2. The molecule has 3 aromatic rings.